The number of fused-ring (bicyclic) bond motifs is 2. The molecule has 4 atom stereocenters. The molecule has 0 saturated carbocycles. The highest BCUT2D eigenvalue weighted by Gasteiger charge is 2.45. The van der Waals surface area contributed by atoms with E-state index in [-0.39, 0.29) is 13.0 Å². The number of ether oxygens (including phenoxy) is 2. The highest BCUT2D eigenvalue weighted by Crippen LogP contribution is 2.27. The Morgan fingerprint density at radius 1 is 0.955 bits per heavy atom. The quantitative estimate of drug-likeness (QED) is 0.379. The van der Waals surface area contributed by atoms with E-state index in [4.69, 9.17) is 9.47 Å². The Balaban J connectivity index is 1.53. The van der Waals surface area contributed by atoms with E-state index in [2.05, 4.69) is 10.6 Å². The number of benzene rings is 1. The van der Waals surface area contributed by atoms with Gasteiger partial charge >= 0.3 is 19.3 Å². The Morgan fingerprint density at radius 2 is 1.55 bits per heavy atom. The number of alkyl carbamates (subject to hydrolysis) is 1. The van der Waals surface area contributed by atoms with Gasteiger partial charge in [0.05, 0.1) is 12.5 Å². The van der Waals surface area contributed by atoms with Crippen molar-refractivity contribution in [2.24, 2.45) is 0 Å². The number of carbonyl (C=O) groups is 4. The first-order chi connectivity index (χ1) is 20.9. The lowest BCUT2D eigenvalue weighted by Crippen LogP contribution is -2.56. The Labute approximate surface area is 260 Å². The second-order valence-electron chi connectivity index (χ2n) is 13.2. The van der Waals surface area contributed by atoms with Crippen LogP contribution in [0.3, 0.4) is 0 Å². The lowest BCUT2D eigenvalue weighted by Gasteiger charge is -2.30. The summed E-state index contributed by atoms with van der Waals surface area (Å²) in [5.74, 6) is -1.95. The molecule has 0 bridgehead atoms. The summed E-state index contributed by atoms with van der Waals surface area (Å²) in [6.07, 6.45) is 4.88. The fourth-order valence-electron chi connectivity index (χ4n) is 6.13. The molecule has 3 aliphatic rings. The molecule has 242 valence electrons. The lowest BCUT2D eigenvalue weighted by molar-refractivity contribution is -0.140. The zero-order valence-electron chi connectivity index (χ0n) is 26.1. The molecular formula is C31H47BN4O8. The number of hydrogen-bond acceptors (Lipinski definition) is 8. The highest BCUT2D eigenvalue weighted by molar-refractivity contribution is 6.43. The molecule has 0 spiro atoms. The van der Waals surface area contributed by atoms with Crippen molar-refractivity contribution in [3.8, 4) is 0 Å². The van der Waals surface area contributed by atoms with Crippen molar-refractivity contribution in [1.82, 2.24) is 20.4 Å². The predicted octanol–water partition coefficient (Wildman–Crippen LogP) is 3.02. The van der Waals surface area contributed by atoms with Crippen LogP contribution >= 0.6 is 0 Å². The zero-order chi connectivity index (χ0) is 31.9. The molecule has 4 unspecified atom stereocenters. The van der Waals surface area contributed by atoms with Gasteiger partial charge < -0.3 is 35.1 Å². The first-order valence-electron chi connectivity index (χ1n) is 15.9. The Bertz CT molecular complexity index is 1150. The summed E-state index contributed by atoms with van der Waals surface area (Å²) in [7, 11) is -1.77. The van der Waals surface area contributed by atoms with Crippen molar-refractivity contribution in [3.05, 3.63) is 35.4 Å². The fourth-order valence-corrected chi connectivity index (χ4v) is 6.13. The van der Waals surface area contributed by atoms with Crippen molar-refractivity contribution < 1.29 is 38.7 Å². The number of nitrogens with one attached hydrogen (secondary N) is 2. The molecule has 2 saturated heterocycles. The smallest absolute Gasteiger partial charge is 0.444 e. The standard InChI is InChI=1S/C31H47BN4O8/c1-31(2,3)44-29(39)33-24-15-9-7-5-4-6-8-10-16-26(32(41)42)34-27(37)25-17-23(20-36(25)28(24)38)43-30(40)35-18-21-13-11-12-14-22(21)19-35/h11-14,23-26,41-42H,4-10,15-20H2,1-3H3,(H,33,39)(H,34,37). The van der Waals surface area contributed by atoms with E-state index >= 15 is 0 Å². The Kier molecular flexibility index (Phi) is 11.5. The molecule has 0 aliphatic carbocycles. The van der Waals surface area contributed by atoms with E-state index in [1.807, 2.05) is 24.3 Å². The maximum atomic E-state index is 14.0. The van der Waals surface area contributed by atoms with Gasteiger partial charge in [-0.2, -0.15) is 0 Å². The van der Waals surface area contributed by atoms with E-state index in [1.165, 1.54) is 4.90 Å². The summed E-state index contributed by atoms with van der Waals surface area (Å²) in [6, 6.07) is 5.77. The lowest BCUT2D eigenvalue weighted by atomic mass is 9.76. The molecule has 44 heavy (non-hydrogen) atoms. The Hall–Kier alpha value is -3.32. The first kappa shape index (κ1) is 33.6. The van der Waals surface area contributed by atoms with E-state index < -0.39 is 60.8 Å². The van der Waals surface area contributed by atoms with Crippen LogP contribution in [0.25, 0.3) is 0 Å². The summed E-state index contributed by atoms with van der Waals surface area (Å²) >= 11 is 0. The van der Waals surface area contributed by atoms with Gasteiger partial charge in [-0.05, 0) is 44.7 Å². The van der Waals surface area contributed by atoms with Crippen molar-refractivity contribution in [1.29, 1.82) is 0 Å². The molecule has 3 aliphatic heterocycles. The molecule has 3 heterocycles. The van der Waals surface area contributed by atoms with Crippen molar-refractivity contribution in [2.45, 2.75) is 128 Å². The number of nitrogens with zero attached hydrogens (tertiary/aromatic N) is 2. The van der Waals surface area contributed by atoms with Crippen LogP contribution in [0.15, 0.2) is 24.3 Å². The summed E-state index contributed by atoms with van der Waals surface area (Å²) in [5.41, 5.74) is 1.31. The Morgan fingerprint density at radius 3 is 2.14 bits per heavy atom. The van der Waals surface area contributed by atoms with Gasteiger partial charge in [0.2, 0.25) is 11.8 Å². The third kappa shape index (κ3) is 9.34. The molecule has 4 N–H and O–H groups in total. The minimum Gasteiger partial charge on any atom is -0.444 e. The topological polar surface area (TPSA) is 158 Å². The van der Waals surface area contributed by atoms with Crippen molar-refractivity contribution in [3.63, 3.8) is 0 Å². The average molecular weight is 615 g/mol. The van der Waals surface area contributed by atoms with Crippen molar-refractivity contribution >= 4 is 31.1 Å². The van der Waals surface area contributed by atoms with E-state index in [0.717, 1.165) is 49.7 Å². The molecule has 0 aromatic heterocycles. The summed E-state index contributed by atoms with van der Waals surface area (Å²) in [4.78, 5) is 56.5. The van der Waals surface area contributed by atoms with Crippen LogP contribution < -0.4 is 10.6 Å². The molecule has 1 aromatic rings. The number of amides is 4. The molecular weight excluding hydrogens is 567 g/mol. The van der Waals surface area contributed by atoms with Gasteiger partial charge in [0.25, 0.3) is 0 Å². The van der Waals surface area contributed by atoms with Crippen LogP contribution in [0.4, 0.5) is 9.59 Å². The van der Waals surface area contributed by atoms with Crippen molar-refractivity contribution in [2.75, 3.05) is 6.54 Å². The third-order valence-electron chi connectivity index (χ3n) is 8.40. The molecule has 12 nitrogen and oxygen atoms in total. The van der Waals surface area contributed by atoms with Gasteiger partial charge in [0.15, 0.2) is 0 Å². The van der Waals surface area contributed by atoms with Gasteiger partial charge in [-0.15, -0.1) is 0 Å². The summed E-state index contributed by atoms with van der Waals surface area (Å²) in [5, 5.41) is 25.4. The number of carbonyl (C=O) groups excluding carboxylic acids is 4. The minimum absolute atomic E-state index is 0.0392. The second kappa shape index (κ2) is 15.1. The fraction of sp³-hybridized carbons (Fsp3) is 0.677. The second-order valence-corrected chi connectivity index (χ2v) is 13.2. The normalized spacial score (nSPS) is 25.5. The molecule has 2 fully saturated rings. The van der Waals surface area contributed by atoms with Crippen LogP contribution in [0.2, 0.25) is 0 Å². The van der Waals surface area contributed by atoms with Crippen LogP contribution in [0.5, 0.6) is 0 Å². The summed E-state index contributed by atoms with van der Waals surface area (Å²) in [6.45, 7) is 5.98. The van der Waals surface area contributed by atoms with Crippen LogP contribution in [0, 0.1) is 0 Å². The number of hydrogen-bond donors (Lipinski definition) is 4. The van der Waals surface area contributed by atoms with Gasteiger partial charge in [-0.1, -0.05) is 69.2 Å². The highest BCUT2D eigenvalue weighted by atomic mass is 16.6. The van der Waals surface area contributed by atoms with Gasteiger partial charge in [-0.3, -0.25) is 14.5 Å². The third-order valence-corrected chi connectivity index (χ3v) is 8.40. The predicted molar refractivity (Wildman–Crippen MR) is 163 cm³/mol. The van der Waals surface area contributed by atoms with Crippen LogP contribution in [-0.2, 0) is 32.2 Å². The number of rotatable bonds is 3. The summed E-state index contributed by atoms with van der Waals surface area (Å²) < 4.78 is 11.3. The molecule has 1 aromatic carbocycles. The maximum absolute atomic E-state index is 14.0. The zero-order valence-corrected chi connectivity index (χ0v) is 26.1. The average Bonchev–Trinajstić information content (AvgIpc) is 3.57. The van der Waals surface area contributed by atoms with Crippen LogP contribution in [0.1, 0.15) is 96.1 Å². The molecule has 4 rings (SSSR count). The monoisotopic (exact) mass is 614 g/mol. The maximum Gasteiger partial charge on any atom is 0.475 e. The van der Waals surface area contributed by atoms with E-state index in [0.29, 0.717) is 32.4 Å². The molecule has 13 heteroatoms. The van der Waals surface area contributed by atoms with E-state index in [9.17, 15) is 29.2 Å². The first-order valence-corrected chi connectivity index (χ1v) is 15.9. The SMILES string of the molecule is CC(C)(C)OC(=O)NC1CCCCCCCCCC(B(O)O)NC(=O)C2CC(OC(=O)N3Cc4ccccc4C3)CN2C1=O. The largest absolute Gasteiger partial charge is 0.475 e. The van der Waals surface area contributed by atoms with Gasteiger partial charge in [-0.25, -0.2) is 9.59 Å². The minimum atomic E-state index is -1.77. The van der Waals surface area contributed by atoms with Gasteiger partial charge in [0.1, 0.15) is 23.8 Å². The molecule has 0 radical (unpaired) electrons. The molecule has 4 amide bonds. The van der Waals surface area contributed by atoms with E-state index in [1.54, 1.807) is 25.7 Å². The van der Waals surface area contributed by atoms with Gasteiger partial charge in [0, 0.05) is 19.5 Å². The van der Waals surface area contributed by atoms with Crippen LogP contribution in [-0.4, -0.2) is 87.2 Å².